The monoisotopic (exact) mass is 427 g/mol. The molecule has 21 heavy (non-hydrogen) atoms. The molecular weight excluding hydrogens is 409 g/mol. The molecule has 0 bridgehead atoms. The van der Waals surface area contributed by atoms with E-state index in [0.29, 0.717) is 6.42 Å². The maximum Gasteiger partial charge on any atom is 0.324 e. The van der Waals surface area contributed by atoms with E-state index >= 15 is 0 Å². The zero-order chi connectivity index (χ0) is 16.4. The molecule has 1 unspecified atom stereocenters. The Hall–Kier alpha value is -0.900. The standard InChI is InChI=1S/C13H18INO5S/c1-4-10(15-6-5-9(14)7-11(15)16)8-13(2,12(17)18)21(3,19)20/h5-7,10H,4,8H2,1-3H3,(H,17,18)/t10?,13-/m1/s1. The largest absolute Gasteiger partial charge is 0.480 e. The van der Waals surface area contributed by atoms with E-state index in [1.165, 1.54) is 17.6 Å². The van der Waals surface area contributed by atoms with Gasteiger partial charge in [-0.2, -0.15) is 0 Å². The van der Waals surface area contributed by atoms with E-state index in [-0.39, 0.29) is 12.0 Å². The van der Waals surface area contributed by atoms with E-state index < -0.39 is 26.6 Å². The zero-order valence-electron chi connectivity index (χ0n) is 12.0. The molecule has 0 spiro atoms. The molecule has 2 atom stereocenters. The lowest BCUT2D eigenvalue weighted by molar-refractivity contribution is -0.140. The number of carbonyl (C=O) groups is 1. The first kappa shape index (κ1) is 18.1. The second kappa shape index (κ2) is 6.47. The number of carboxylic acids is 1. The zero-order valence-corrected chi connectivity index (χ0v) is 15.0. The lowest BCUT2D eigenvalue weighted by Crippen LogP contribution is -2.45. The number of hydrogen-bond acceptors (Lipinski definition) is 4. The highest BCUT2D eigenvalue weighted by atomic mass is 127. The Kier molecular flexibility index (Phi) is 5.59. The average Bonchev–Trinajstić information content (AvgIpc) is 2.34. The van der Waals surface area contributed by atoms with Gasteiger partial charge >= 0.3 is 5.97 Å². The second-order valence-electron chi connectivity index (χ2n) is 5.16. The minimum atomic E-state index is -3.81. The molecule has 1 N–H and O–H groups in total. The topological polar surface area (TPSA) is 93.4 Å². The average molecular weight is 427 g/mol. The van der Waals surface area contributed by atoms with Gasteiger partial charge in [0.05, 0.1) is 0 Å². The fourth-order valence-corrected chi connectivity index (χ4v) is 3.29. The third-order valence-corrected chi connectivity index (χ3v) is 6.32. The fraction of sp³-hybridized carbons (Fsp3) is 0.538. The number of pyridine rings is 1. The van der Waals surface area contributed by atoms with Crippen molar-refractivity contribution in [2.45, 2.75) is 37.5 Å². The van der Waals surface area contributed by atoms with Crippen LogP contribution < -0.4 is 5.56 Å². The van der Waals surface area contributed by atoms with E-state index in [1.54, 1.807) is 19.2 Å². The molecule has 6 nitrogen and oxygen atoms in total. The first-order chi connectivity index (χ1) is 9.52. The lowest BCUT2D eigenvalue weighted by atomic mass is 9.98. The van der Waals surface area contributed by atoms with Gasteiger partial charge in [-0.15, -0.1) is 0 Å². The van der Waals surface area contributed by atoms with Crippen LogP contribution in [0.25, 0.3) is 0 Å². The summed E-state index contributed by atoms with van der Waals surface area (Å²) in [5.74, 6) is -1.40. The number of hydrogen-bond donors (Lipinski definition) is 1. The van der Waals surface area contributed by atoms with Crippen molar-refractivity contribution < 1.29 is 18.3 Å². The van der Waals surface area contributed by atoms with Gasteiger partial charge in [-0.25, -0.2) is 8.42 Å². The highest BCUT2D eigenvalue weighted by Crippen LogP contribution is 2.29. The Bertz CT molecular complexity index is 697. The maximum atomic E-state index is 12.0. The van der Waals surface area contributed by atoms with Crippen LogP contribution in [0.15, 0.2) is 23.1 Å². The van der Waals surface area contributed by atoms with E-state index in [2.05, 4.69) is 0 Å². The SMILES string of the molecule is CCC(C[C@](C)(C(=O)O)S(C)(=O)=O)n1ccc(I)cc1=O. The van der Waals surface area contributed by atoms with E-state index in [0.717, 1.165) is 9.83 Å². The van der Waals surface area contributed by atoms with Crippen LogP contribution in [0.5, 0.6) is 0 Å². The third-order valence-electron chi connectivity index (χ3n) is 3.67. The van der Waals surface area contributed by atoms with Crippen LogP contribution in [-0.4, -0.2) is 35.1 Å². The minimum Gasteiger partial charge on any atom is -0.480 e. The summed E-state index contributed by atoms with van der Waals surface area (Å²) in [6, 6.07) is 2.66. The number of nitrogens with zero attached hydrogens (tertiary/aromatic N) is 1. The van der Waals surface area contributed by atoms with Crippen LogP contribution in [0.4, 0.5) is 0 Å². The van der Waals surface area contributed by atoms with Gasteiger partial charge in [-0.1, -0.05) is 6.92 Å². The normalized spacial score (nSPS) is 16.2. The van der Waals surface area contributed by atoms with Gasteiger partial charge in [0.1, 0.15) is 0 Å². The Labute approximate surface area is 137 Å². The summed E-state index contributed by atoms with van der Waals surface area (Å²) in [5, 5.41) is 9.31. The van der Waals surface area contributed by atoms with Crippen LogP contribution >= 0.6 is 22.6 Å². The summed E-state index contributed by atoms with van der Waals surface area (Å²) in [6.45, 7) is 2.98. The Balaban J connectivity index is 3.29. The number of carboxylic acid groups (broad SMARTS) is 1. The van der Waals surface area contributed by atoms with Gasteiger partial charge in [0.2, 0.25) is 0 Å². The predicted octanol–water partition coefficient (Wildman–Crippen LogP) is 1.68. The summed E-state index contributed by atoms with van der Waals surface area (Å²) >= 11 is 2.01. The Morgan fingerprint density at radius 2 is 2.10 bits per heavy atom. The van der Waals surface area contributed by atoms with Crippen molar-refractivity contribution >= 4 is 38.4 Å². The predicted molar refractivity (Wildman–Crippen MR) is 88.2 cm³/mol. The smallest absolute Gasteiger partial charge is 0.324 e. The van der Waals surface area contributed by atoms with Crippen LogP contribution in [-0.2, 0) is 14.6 Å². The van der Waals surface area contributed by atoms with Crippen LogP contribution in [0, 0.1) is 3.57 Å². The molecule has 1 aromatic heterocycles. The number of rotatable bonds is 6. The van der Waals surface area contributed by atoms with Crippen LogP contribution in [0.1, 0.15) is 32.7 Å². The summed E-state index contributed by atoms with van der Waals surface area (Å²) < 4.78 is 23.9. The minimum absolute atomic E-state index is 0.155. The van der Waals surface area contributed by atoms with Crippen molar-refractivity contribution in [3.05, 3.63) is 32.3 Å². The van der Waals surface area contributed by atoms with Gasteiger partial charge in [0.25, 0.3) is 5.56 Å². The van der Waals surface area contributed by atoms with Crippen molar-refractivity contribution in [3.8, 4) is 0 Å². The molecule has 1 rings (SSSR count). The van der Waals surface area contributed by atoms with Crippen LogP contribution in [0.2, 0.25) is 0 Å². The van der Waals surface area contributed by atoms with Crippen molar-refractivity contribution in [3.63, 3.8) is 0 Å². The number of halogens is 1. The second-order valence-corrected chi connectivity index (χ2v) is 8.86. The van der Waals surface area contributed by atoms with E-state index in [4.69, 9.17) is 0 Å². The maximum absolute atomic E-state index is 12.0. The molecule has 0 saturated carbocycles. The highest BCUT2D eigenvalue weighted by molar-refractivity contribution is 14.1. The van der Waals surface area contributed by atoms with Crippen molar-refractivity contribution in [2.75, 3.05) is 6.26 Å². The Morgan fingerprint density at radius 3 is 2.48 bits per heavy atom. The van der Waals surface area contributed by atoms with Gasteiger partial charge < -0.3 is 9.67 Å². The molecule has 0 fully saturated rings. The molecule has 118 valence electrons. The van der Waals surface area contributed by atoms with Gasteiger partial charge in [0, 0.05) is 28.1 Å². The lowest BCUT2D eigenvalue weighted by Gasteiger charge is -2.28. The van der Waals surface area contributed by atoms with Crippen molar-refractivity contribution in [2.24, 2.45) is 0 Å². The molecule has 1 aromatic rings. The molecule has 1 heterocycles. The van der Waals surface area contributed by atoms with Gasteiger partial charge in [-0.05, 0) is 48.4 Å². The molecule has 8 heteroatoms. The third kappa shape index (κ3) is 3.85. The van der Waals surface area contributed by atoms with E-state index in [9.17, 15) is 23.1 Å². The summed E-state index contributed by atoms with van der Waals surface area (Å²) in [5.41, 5.74) is -0.269. The van der Waals surface area contributed by atoms with Gasteiger partial charge in [0.15, 0.2) is 14.6 Å². The van der Waals surface area contributed by atoms with Crippen molar-refractivity contribution in [1.82, 2.24) is 4.57 Å². The summed E-state index contributed by atoms with van der Waals surface area (Å²) in [6.07, 6.45) is 2.78. The molecule has 0 radical (unpaired) electrons. The first-order valence-electron chi connectivity index (χ1n) is 6.33. The first-order valence-corrected chi connectivity index (χ1v) is 9.30. The molecule has 0 aliphatic carbocycles. The van der Waals surface area contributed by atoms with Gasteiger partial charge in [-0.3, -0.25) is 9.59 Å². The number of aliphatic carboxylic acids is 1. The number of aromatic nitrogens is 1. The summed E-state index contributed by atoms with van der Waals surface area (Å²) in [4.78, 5) is 23.4. The molecule has 0 saturated heterocycles. The highest BCUT2D eigenvalue weighted by Gasteiger charge is 2.45. The van der Waals surface area contributed by atoms with Crippen molar-refractivity contribution in [1.29, 1.82) is 0 Å². The molecule has 0 aromatic carbocycles. The van der Waals surface area contributed by atoms with E-state index in [1.807, 2.05) is 22.6 Å². The molecule has 0 amide bonds. The quantitative estimate of drug-likeness (QED) is 0.698. The molecule has 0 aliphatic rings. The fourth-order valence-electron chi connectivity index (χ4n) is 2.05. The molecular formula is C13H18INO5S. The number of sulfone groups is 1. The van der Waals surface area contributed by atoms with Crippen LogP contribution in [0.3, 0.4) is 0 Å². The molecule has 0 aliphatic heterocycles. The summed E-state index contributed by atoms with van der Waals surface area (Å²) in [7, 11) is -3.81. The Morgan fingerprint density at radius 1 is 1.52 bits per heavy atom.